The van der Waals surface area contributed by atoms with E-state index in [1.807, 2.05) is 21.6 Å². The maximum absolute atomic E-state index is 12.4. The maximum Gasteiger partial charge on any atom is 0.224 e. The van der Waals surface area contributed by atoms with Gasteiger partial charge in [0.2, 0.25) is 16.3 Å². The summed E-state index contributed by atoms with van der Waals surface area (Å²) in [6, 6.07) is 5.04. The SMILES string of the molecule is CO[C@H]1[C@H](O)[C@@H](N)[C@@H](O[C@H]2[C@H](O)[C@@H](O)[C@H](OC[C@@H](O)[C@@H](O)[C@H](O)[C@@H](O)CNc3cccc(NC(=O)CCCCC4CCSS4)c3)O[C@@H]2C(=O)[O-])O[C@@H]1COS(=O)(=O)[O-]. The highest BCUT2D eigenvalue weighted by atomic mass is 33.1. The second-order valence-electron chi connectivity index (χ2n) is 13.9. The smallest absolute Gasteiger partial charge is 0.224 e. The van der Waals surface area contributed by atoms with Crippen LogP contribution in [0.5, 0.6) is 0 Å². The molecule has 11 N–H and O–H groups in total. The number of amides is 1. The van der Waals surface area contributed by atoms with Gasteiger partial charge in [-0.2, -0.15) is 0 Å². The number of aliphatic carboxylic acids is 1. The molecule has 1 amide bonds. The van der Waals surface area contributed by atoms with E-state index in [0.29, 0.717) is 23.0 Å². The Balaban J connectivity index is 1.25. The Morgan fingerprint density at radius 3 is 2.36 bits per heavy atom. The second-order valence-corrected chi connectivity index (χ2v) is 17.7. The van der Waals surface area contributed by atoms with E-state index in [1.165, 1.54) is 6.42 Å². The highest BCUT2D eigenvalue weighted by Crippen LogP contribution is 2.40. The van der Waals surface area contributed by atoms with Crippen LogP contribution in [0, 0.1) is 0 Å². The van der Waals surface area contributed by atoms with E-state index in [1.54, 1.807) is 24.3 Å². The van der Waals surface area contributed by atoms with Crippen LogP contribution in [0.25, 0.3) is 0 Å². The Bertz CT molecular complexity index is 1560. The Morgan fingerprint density at radius 2 is 1.71 bits per heavy atom. The minimum atomic E-state index is -5.23. The van der Waals surface area contributed by atoms with Crippen molar-refractivity contribution in [2.24, 2.45) is 5.73 Å². The standard InChI is InChI=1S/C33H53N3O19S3/c1-50-28-20(14-52-58(47,48)49)53-32(22(34)25(28)42)54-29-26(43)27(44)33(55-30(29)31(45)46)51-13-19(38)24(41)23(40)18(37)12-35-15-5-4-6-16(11-15)36-21(39)8-3-2-7-17-9-10-56-57-17/h4-6,11,17-20,22-30,32-33,35,37-38,40-44H,2-3,7-10,12-14,34H2,1H3,(H,36,39)(H,45,46)(H,47,48,49)/p-2/t17?,18-,19+,20+,22+,23+,24+,25+,26+,27+,28+,29-,30-,32+,33+/m0/s1. The number of methoxy groups -OCH3 is 1. The number of ether oxygens (including phenoxy) is 5. The number of nitrogens with one attached hydrogen (secondary N) is 2. The van der Waals surface area contributed by atoms with Crippen LogP contribution < -0.4 is 21.5 Å². The van der Waals surface area contributed by atoms with Crippen LogP contribution in [0.15, 0.2) is 24.3 Å². The van der Waals surface area contributed by atoms with E-state index in [4.69, 9.17) is 29.4 Å². The predicted molar refractivity (Wildman–Crippen MR) is 200 cm³/mol. The van der Waals surface area contributed by atoms with Crippen molar-refractivity contribution in [3.05, 3.63) is 24.3 Å². The van der Waals surface area contributed by atoms with Gasteiger partial charge in [-0.25, -0.2) is 8.42 Å². The van der Waals surface area contributed by atoms with Crippen molar-refractivity contribution in [2.75, 3.05) is 43.3 Å². The van der Waals surface area contributed by atoms with Crippen molar-refractivity contribution in [1.82, 2.24) is 0 Å². The molecule has 0 spiro atoms. The van der Waals surface area contributed by atoms with Crippen LogP contribution in [0.3, 0.4) is 0 Å². The molecule has 0 aromatic heterocycles. The van der Waals surface area contributed by atoms with Crippen molar-refractivity contribution in [3.63, 3.8) is 0 Å². The number of benzene rings is 1. The summed E-state index contributed by atoms with van der Waals surface area (Å²) in [6.07, 6.45) is -20.3. The van der Waals surface area contributed by atoms with Gasteiger partial charge in [0, 0.05) is 42.5 Å². The van der Waals surface area contributed by atoms with E-state index < -0.39 is 115 Å². The summed E-state index contributed by atoms with van der Waals surface area (Å²) in [4.78, 5) is 24.5. The quantitative estimate of drug-likeness (QED) is 0.0228. The summed E-state index contributed by atoms with van der Waals surface area (Å²) < 4.78 is 63.5. The monoisotopic (exact) mass is 889 g/mol. The summed E-state index contributed by atoms with van der Waals surface area (Å²) in [5.74, 6) is -0.998. The molecule has 3 saturated heterocycles. The molecule has 4 rings (SSSR count). The van der Waals surface area contributed by atoms with Crippen LogP contribution in [0.2, 0.25) is 0 Å². The lowest BCUT2D eigenvalue weighted by Crippen LogP contribution is -2.68. The average Bonchev–Trinajstić information content (AvgIpc) is 3.70. The first kappa shape index (κ1) is 48.7. The molecule has 0 saturated carbocycles. The topological polar surface area (TPSA) is 361 Å². The molecule has 1 unspecified atom stereocenters. The summed E-state index contributed by atoms with van der Waals surface area (Å²) in [6.45, 7) is -2.25. The fourth-order valence-electron chi connectivity index (χ4n) is 6.35. The van der Waals surface area contributed by atoms with E-state index >= 15 is 0 Å². The minimum absolute atomic E-state index is 0.148. The minimum Gasteiger partial charge on any atom is -0.726 e. The molecular formula is C33H51N3O19S3-2. The highest BCUT2D eigenvalue weighted by molar-refractivity contribution is 8.77. The molecule has 3 aliphatic heterocycles. The number of carboxylic acid groups (broad SMARTS) is 1. The summed E-state index contributed by atoms with van der Waals surface area (Å²) in [7, 11) is -0.347. The number of aliphatic hydroxyl groups excluding tert-OH is 7. The second kappa shape index (κ2) is 22.7. The van der Waals surface area contributed by atoms with Crippen molar-refractivity contribution >= 4 is 55.2 Å². The van der Waals surface area contributed by atoms with Crippen LogP contribution in [0.4, 0.5) is 11.4 Å². The molecule has 58 heavy (non-hydrogen) atoms. The number of anilines is 2. The van der Waals surface area contributed by atoms with Gasteiger partial charge >= 0.3 is 0 Å². The number of carboxylic acids is 1. The molecule has 22 nitrogen and oxygen atoms in total. The largest absolute Gasteiger partial charge is 0.726 e. The Kier molecular flexibility index (Phi) is 19.1. The number of carbonyl (C=O) groups excluding carboxylic acids is 2. The third kappa shape index (κ3) is 14.0. The molecular weight excluding hydrogens is 839 g/mol. The summed E-state index contributed by atoms with van der Waals surface area (Å²) in [5.41, 5.74) is 6.91. The molecule has 1 aromatic rings. The average molecular weight is 890 g/mol. The van der Waals surface area contributed by atoms with Gasteiger partial charge in [-0.1, -0.05) is 34.1 Å². The number of unbranched alkanes of at least 4 members (excludes halogenated alkanes) is 1. The van der Waals surface area contributed by atoms with E-state index in [9.17, 15) is 63.4 Å². The zero-order chi connectivity index (χ0) is 42.7. The zero-order valence-corrected chi connectivity index (χ0v) is 33.6. The summed E-state index contributed by atoms with van der Waals surface area (Å²) in [5, 5.41) is 92.7. The normalized spacial score (nSPS) is 32.6. The van der Waals surface area contributed by atoms with Crippen molar-refractivity contribution in [3.8, 4) is 0 Å². The molecule has 332 valence electrons. The first-order chi connectivity index (χ1) is 27.4. The molecule has 3 aliphatic rings. The van der Waals surface area contributed by atoms with Gasteiger partial charge in [0.25, 0.3) is 0 Å². The Hall–Kier alpha value is -1.99. The molecule has 0 radical (unpaired) electrons. The van der Waals surface area contributed by atoms with Gasteiger partial charge < -0.3 is 90.3 Å². The number of nitrogens with two attached hydrogens (primary N) is 1. The lowest BCUT2D eigenvalue weighted by Gasteiger charge is -2.47. The molecule has 1 aromatic carbocycles. The van der Waals surface area contributed by atoms with E-state index in [2.05, 4.69) is 14.8 Å². The number of aliphatic hydroxyl groups is 7. The van der Waals surface area contributed by atoms with Gasteiger partial charge in [-0.3, -0.25) is 8.98 Å². The number of rotatable bonds is 22. The van der Waals surface area contributed by atoms with E-state index in [0.717, 1.165) is 32.1 Å². The lowest BCUT2D eigenvalue weighted by molar-refractivity contribution is -0.369. The van der Waals surface area contributed by atoms with Gasteiger partial charge in [0.15, 0.2) is 12.6 Å². The highest BCUT2D eigenvalue weighted by Gasteiger charge is 2.51. The van der Waals surface area contributed by atoms with Gasteiger partial charge in [-0.05, 0) is 37.5 Å². The van der Waals surface area contributed by atoms with Crippen molar-refractivity contribution in [1.29, 1.82) is 0 Å². The first-order valence-corrected chi connectivity index (χ1v) is 22.0. The van der Waals surface area contributed by atoms with Crippen LogP contribution in [-0.4, -0.2) is 184 Å². The molecule has 3 heterocycles. The fraction of sp³-hybridized carbons (Fsp3) is 0.758. The first-order valence-electron chi connectivity index (χ1n) is 18.3. The third-order valence-electron chi connectivity index (χ3n) is 9.58. The fourth-order valence-corrected chi connectivity index (χ4v) is 9.68. The van der Waals surface area contributed by atoms with Crippen LogP contribution in [0.1, 0.15) is 32.1 Å². The van der Waals surface area contributed by atoms with Crippen LogP contribution in [-0.2, 0) is 47.9 Å². The van der Waals surface area contributed by atoms with Gasteiger partial charge in [0.05, 0.1) is 31.3 Å². The number of carbonyl (C=O) groups is 2. The van der Waals surface area contributed by atoms with Crippen LogP contribution >= 0.6 is 21.6 Å². The predicted octanol–water partition coefficient (Wildman–Crippen LogP) is -4.30. The molecule has 3 fully saturated rings. The third-order valence-corrected chi connectivity index (χ3v) is 13.0. The Labute approximate surface area is 342 Å². The molecule has 0 bridgehead atoms. The number of hydrogen-bond acceptors (Lipinski definition) is 23. The molecule has 0 aliphatic carbocycles. The van der Waals surface area contributed by atoms with Gasteiger partial charge in [0.1, 0.15) is 61.0 Å². The van der Waals surface area contributed by atoms with Crippen molar-refractivity contribution in [2.45, 2.75) is 123 Å². The Morgan fingerprint density at radius 1 is 1.00 bits per heavy atom. The van der Waals surface area contributed by atoms with E-state index in [-0.39, 0.29) is 12.5 Å². The molecule has 15 atom stereocenters. The zero-order valence-electron chi connectivity index (χ0n) is 31.2. The maximum atomic E-state index is 12.4. The molecule has 25 heteroatoms. The summed E-state index contributed by atoms with van der Waals surface area (Å²) >= 11 is 0. The van der Waals surface area contributed by atoms with Crippen molar-refractivity contribution < 1.29 is 91.3 Å². The lowest BCUT2D eigenvalue weighted by atomic mass is 9.96. The van der Waals surface area contributed by atoms with Gasteiger partial charge in [-0.15, -0.1) is 0 Å². The number of hydrogen-bond donors (Lipinski definition) is 10.